The zero-order chi connectivity index (χ0) is 11.7. The fourth-order valence-corrected chi connectivity index (χ4v) is 2.31. The molecule has 0 radical (unpaired) electrons. The van der Waals surface area contributed by atoms with Gasteiger partial charge in [-0.1, -0.05) is 0 Å². The summed E-state index contributed by atoms with van der Waals surface area (Å²) in [5.41, 5.74) is 7.07. The SMILES string of the molecule is N[C@H]1CCN(c2ncccc2-n2cccc2)C1. The van der Waals surface area contributed by atoms with Gasteiger partial charge in [-0.3, -0.25) is 0 Å². The van der Waals surface area contributed by atoms with Crippen LogP contribution in [0.4, 0.5) is 5.82 Å². The minimum atomic E-state index is 0.273. The summed E-state index contributed by atoms with van der Waals surface area (Å²) >= 11 is 0. The van der Waals surface area contributed by atoms with E-state index in [0.717, 1.165) is 31.0 Å². The fraction of sp³-hybridized carbons (Fsp3) is 0.308. The highest BCUT2D eigenvalue weighted by atomic mass is 15.2. The summed E-state index contributed by atoms with van der Waals surface area (Å²) in [7, 11) is 0. The third kappa shape index (κ3) is 1.91. The monoisotopic (exact) mass is 228 g/mol. The van der Waals surface area contributed by atoms with Gasteiger partial charge in [-0.2, -0.15) is 0 Å². The first-order chi connectivity index (χ1) is 8.34. The standard InChI is InChI=1S/C13H16N4/c14-11-5-9-17(10-11)13-12(4-3-6-15-13)16-7-1-2-8-16/h1-4,6-8,11H,5,9-10,14H2/t11-/m0/s1. The minimum absolute atomic E-state index is 0.273. The minimum Gasteiger partial charge on any atom is -0.353 e. The van der Waals surface area contributed by atoms with Crippen LogP contribution in [0.25, 0.3) is 5.69 Å². The van der Waals surface area contributed by atoms with Crippen molar-refractivity contribution in [3.05, 3.63) is 42.9 Å². The van der Waals surface area contributed by atoms with Gasteiger partial charge in [0, 0.05) is 37.7 Å². The van der Waals surface area contributed by atoms with E-state index in [1.54, 1.807) is 0 Å². The molecular weight excluding hydrogens is 212 g/mol. The van der Waals surface area contributed by atoms with Gasteiger partial charge < -0.3 is 15.2 Å². The molecule has 1 aliphatic rings. The Morgan fingerprint density at radius 1 is 1.24 bits per heavy atom. The van der Waals surface area contributed by atoms with Gasteiger partial charge in [0.15, 0.2) is 5.82 Å². The van der Waals surface area contributed by atoms with Crippen molar-refractivity contribution in [3.8, 4) is 5.69 Å². The third-order valence-electron chi connectivity index (χ3n) is 3.17. The van der Waals surface area contributed by atoms with Gasteiger partial charge in [-0.25, -0.2) is 4.98 Å². The Labute approximate surface area is 101 Å². The molecule has 1 saturated heterocycles. The van der Waals surface area contributed by atoms with Gasteiger partial charge in [-0.05, 0) is 30.7 Å². The second kappa shape index (κ2) is 4.22. The molecule has 0 saturated carbocycles. The van der Waals surface area contributed by atoms with Crippen molar-refractivity contribution in [2.45, 2.75) is 12.5 Å². The Kier molecular flexibility index (Phi) is 2.57. The first-order valence-electron chi connectivity index (χ1n) is 5.93. The Balaban J connectivity index is 1.99. The zero-order valence-corrected chi connectivity index (χ0v) is 9.66. The predicted octanol–water partition coefficient (Wildman–Crippen LogP) is 1.41. The summed E-state index contributed by atoms with van der Waals surface area (Å²) in [6.45, 7) is 1.89. The van der Waals surface area contributed by atoms with E-state index in [2.05, 4.69) is 20.5 Å². The fourth-order valence-electron chi connectivity index (χ4n) is 2.31. The molecule has 2 aromatic rings. The van der Waals surface area contributed by atoms with E-state index < -0.39 is 0 Å². The van der Waals surface area contributed by atoms with E-state index in [4.69, 9.17) is 5.73 Å². The maximum atomic E-state index is 5.95. The van der Waals surface area contributed by atoms with Crippen molar-refractivity contribution < 1.29 is 0 Å². The number of nitrogens with two attached hydrogens (primary N) is 1. The normalized spacial score (nSPS) is 19.8. The molecule has 2 N–H and O–H groups in total. The molecule has 17 heavy (non-hydrogen) atoms. The van der Waals surface area contributed by atoms with Crippen molar-refractivity contribution in [2.75, 3.05) is 18.0 Å². The quantitative estimate of drug-likeness (QED) is 0.845. The van der Waals surface area contributed by atoms with Crippen LogP contribution in [-0.2, 0) is 0 Å². The first-order valence-corrected chi connectivity index (χ1v) is 5.93. The molecule has 0 unspecified atom stereocenters. The van der Waals surface area contributed by atoms with Gasteiger partial charge >= 0.3 is 0 Å². The molecule has 3 heterocycles. The molecule has 1 aliphatic heterocycles. The van der Waals surface area contributed by atoms with Gasteiger partial charge in [0.2, 0.25) is 0 Å². The molecule has 2 aromatic heterocycles. The molecule has 0 bridgehead atoms. The number of hydrogen-bond acceptors (Lipinski definition) is 3. The second-order valence-electron chi connectivity index (χ2n) is 4.43. The molecular formula is C13H16N4. The van der Waals surface area contributed by atoms with Crippen LogP contribution in [0.2, 0.25) is 0 Å². The number of hydrogen-bond donors (Lipinski definition) is 1. The summed E-state index contributed by atoms with van der Waals surface area (Å²) in [5.74, 6) is 1.02. The molecule has 0 amide bonds. The highest BCUT2D eigenvalue weighted by molar-refractivity contribution is 5.58. The van der Waals surface area contributed by atoms with E-state index >= 15 is 0 Å². The van der Waals surface area contributed by atoms with E-state index in [0.29, 0.717) is 0 Å². The number of anilines is 1. The topological polar surface area (TPSA) is 47.1 Å². The molecule has 88 valence electrons. The van der Waals surface area contributed by atoms with E-state index in [-0.39, 0.29) is 6.04 Å². The summed E-state index contributed by atoms with van der Waals surface area (Å²) in [6, 6.07) is 8.37. The van der Waals surface area contributed by atoms with Crippen LogP contribution >= 0.6 is 0 Å². The molecule has 1 fully saturated rings. The highest BCUT2D eigenvalue weighted by Crippen LogP contribution is 2.24. The maximum absolute atomic E-state index is 5.95. The number of aromatic nitrogens is 2. The highest BCUT2D eigenvalue weighted by Gasteiger charge is 2.22. The third-order valence-corrected chi connectivity index (χ3v) is 3.17. The lowest BCUT2D eigenvalue weighted by Gasteiger charge is -2.20. The molecule has 0 aliphatic carbocycles. The van der Waals surface area contributed by atoms with Crippen LogP contribution in [0.5, 0.6) is 0 Å². The smallest absolute Gasteiger partial charge is 0.152 e. The van der Waals surface area contributed by atoms with Crippen molar-refractivity contribution in [1.29, 1.82) is 0 Å². The van der Waals surface area contributed by atoms with Crippen LogP contribution in [0.15, 0.2) is 42.9 Å². The average Bonchev–Trinajstić information content (AvgIpc) is 3.00. The predicted molar refractivity (Wildman–Crippen MR) is 68.4 cm³/mol. The number of rotatable bonds is 2. The van der Waals surface area contributed by atoms with Crippen molar-refractivity contribution in [2.24, 2.45) is 5.73 Å². The van der Waals surface area contributed by atoms with E-state index in [9.17, 15) is 0 Å². The Morgan fingerprint density at radius 2 is 2.06 bits per heavy atom. The van der Waals surface area contributed by atoms with Crippen molar-refractivity contribution in [3.63, 3.8) is 0 Å². The Morgan fingerprint density at radius 3 is 2.76 bits per heavy atom. The average molecular weight is 228 g/mol. The molecule has 4 heteroatoms. The summed E-state index contributed by atoms with van der Waals surface area (Å²) in [4.78, 5) is 6.76. The molecule has 0 spiro atoms. The lowest BCUT2D eigenvalue weighted by molar-refractivity contribution is 0.751. The van der Waals surface area contributed by atoms with Crippen LogP contribution in [0, 0.1) is 0 Å². The number of pyridine rings is 1. The number of nitrogens with zero attached hydrogens (tertiary/aromatic N) is 3. The zero-order valence-electron chi connectivity index (χ0n) is 9.66. The largest absolute Gasteiger partial charge is 0.353 e. The van der Waals surface area contributed by atoms with E-state index in [1.165, 1.54) is 0 Å². The van der Waals surface area contributed by atoms with Gasteiger partial charge in [0.1, 0.15) is 0 Å². The summed E-state index contributed by atoms with van der Waals surface area (Å²) in [6.07, 6.45) is 6.96. The molecule has 0 aromatic carbocycles. The lowest BCUT2D eigenvalue weighted by Crippen LogP contribution is -2.27. The first kappa shape index (κ1) is 10.4. The summed E-state index contributed by atoms with van der Waals surface area (Å²) in [5, 5.41) is 0. The van der Waals surface area contributed by atoms with Crippen molar-refractivity contribution >= 4 is 5.82 Å². The maximum Gasteiger partial charge on any atom is 0.152 e. The van der Waals surface area contributed by atoms with Crippen LogP contribution in [0.1, 0.15) is 6.42 Å². The van der Waals surface area contributed by atoms with Crippen LogP contribution < -0.4 is 10.6 Å². The molecule has 3 rings (SSSR count). The second-order valence-corrected chi connectivity index (χ2v) is 4.43. The van der Waals surface area contributed by atoms with Gasteiger partial charge in [0.25, 0.3) is 0 Å². The Hall–Kier alpha value is -1.81. The van der Waals surface area contributed by atoms with Crippen molar-refractivity contribution in [1.82, 2.24) is 9.55 Å². The Bertz CT molecular complexity index is 492. The van der Waals surface area contributed by atoms with Crippen LogP contribution in [0.3, 0.4) is 0 Å². The molecule has 4 nitrogen and oxygen atoms in total. The molecule has 1 atom stereocenters. The summed E-state index contributed by atoms with van der Waals surface area (Å²) < 4.78 is 2.09. The lowest BCUT2D eigenvalue weighted by atomic mass is 10.3. The van der Waals surface area contributed by atoms with E-state index in [1.807, 2.05) is 36.8 Å². The van der Waals surface area contributed by atoms with Gasteiger partial charge in [-0.15, -0.1) is 0 Å². The van der Waals surface area contributed by atoms with Gasteiger partial charge in [0.05, 0.1) is 5.69 Å². The van der Waals surface area contributed by atoms with Crippen LogP contribution in [-0.4, -0.2) is 28.7 Å².